The van der Waals surface area contributed by atoms with Crippen molar-refractivity contribution in [2.45, 2.75) is 22.6 Å². The zero-order valence-electron chi connectivity index (χ0n) is 7.95. The molecule has 1 fully saturated rings. The van der Waals surface area contributed by atoms with Crippen molar-refractivity contribution in [1.29, 1.82) is 0 Å². The molecule has 1 saturated heterocycles. The predicted molar refractivity (Wildman–Crippen MR) is 58.7 cm³/mol. The van der Waals surface area contributed by atoms with Gasteiger partial charge in [-0.15, -0.1) is 0 Å². The summed E-state index contributed by atoms with van der Waals surface area (Å²) >= 11 is 1.97. The van der Waals surface area contributed by atoms with Crippen molar-refractivity contribution < 1.29 is 4.74 Å². The lowest BCUT2D eigenvalue weighted by Crippen LogP contribution is -2.37. The third kappa shape index (κ3) is 1.31. The lowest BCUT2D eigenvalue weighted by atomic mass is 10.1. The van der Waals surface area contributed by atoms with Crippen LogP contribution in [-0.2, 0) is 4.74 Å². The van der Waals surface area contributed by atoms with Crippen molar-refractivity contribution in [1.82, 2.24) is 0 Å². The Morgan fingerprint density at radius 1 is 1.21 bits per heavy atom. The molecule has 0 atom stereocenters. The largest absolute Gasteiger partial charge is 0.381 e. The zero-order chi connectivity index (χ0) is 9.43. The molecule has 0 amide bonds. The van der Waals surface area contributed by atoms with Gasteiger partial charge in [-0.25, -0.2) is 0 Å². The van der Waals surface area contributed by atoms with E-state index in [2.05, 4.69) is 29.6 Å². The number of rotatable bonds is 0. The van der Waals surface area contributed by atoms with Crippen LogP contribution < -0.4 is 5.32 Å². The van der Waals surface area contributed by atoms with E-state index in [-0.39, 0.29) is 4.87 Å². The summed E-state index contributed by atoms with van der Waals surface area (Å²) < 4.78 is 5.40. The average Bonchev–Trinajstić information content (AvgIpc) is 2.56. The topological polar surface area (TPSA) is 21.3 Å². The standard InChI is InChI=1S/C11H13NOS/c1-2-4-10-9(3-1)12-11(14-10)5-7-13-8-6-11/h1-4,12H,5-8H2. The summed E-state index contributed by atoms with van der Waals surface area (Å²) in [6.07, 6.45) is 2.21. The van der Waals surface area contributed by atoms with Crippen LogP contribution in [-0.4, -0.2) is 18.1 Å². The molecule has 1 aromatic carbocycles. The van der Waals surface area contributed by atoms with Crippen molar-refractivity contribution in [3.63, 3.8) is 0 Å². The monoisotopic (exact) mass is 207 g/mol. The minimum absolute atomic E-state index is 0.224. The highest BCUT2D eigenvalue weighted by Gasteiger charge is 2.38. The lowest BCUT2D eigenvalue weighted by Gasteiger charge is -2.32. The summed E-state index contributed by atoms with van der Waals surface area (Å²) in [5, 5.41) is 3.63. The first-order valence-electron chi connectivity index (χ1n) is 5.02. The molecule has 0 aromatic heterocycles. The van der Waals surface area contributed by atoms with E-state index < -0.39 is 0 Å². The second kappa shape index (κ2) is 3.17. The third-order valence-corrected chi connectivity index (χ3v) is 4.33. The molecule has 0 unspecified atom stereocenters. The fourth-order valence-corrected chi connectivity index (χ4v) is 3.40. The van der Waals surface area contributed by atoms with Gasteiger partial charge in [0.05, 0.1) is 4.87 Å². The number of anilines is 1. The Morgan fingerprint density at radius 3 is 2.79 bits per heavy atom. The van der Waals surface area contributed by atoms with E-state index >= 15 is 0 Å². The number of nitrogens with one attached hydrogen (secondary N) is 1. The van der Waals surface area contributed by atoms with Crippen LogP contribution in [0.5, 0.6) is 0 Å². The Bertz CT molecular complexity index is 320. The van der Waals surface area contributed by atoms with Crippen LogP contribution in [0.15, 0.2) is 29.2 Å². The maximum atomic E-state index is 5.40. The molecule has 1 aromatic rings. The smallest absolute Gasteiger partial charge is 0.0924 e. The van der Waals surface area contributed by atoms with Gasteiger partial charge in [0.1, 0.15) is 0 Å². The maximum Gasteiger partial charge on any atom is 0.0924 e. The summed E-state index contributed by atoms with van der Waals surface area (Å²) in [5.74, 6) is 0. The molecule has 2 heterocycles. The predicted octanol–water partition coefficient (Wildman–Crippen LogP) is 2.71. The number of hydrogen-bond donors (Lipinski definition) is 1. The van der Waals surface area contributed by atoms with Gasteiger partial charge in [-0.3, -0.25) is 0 Å². The van der Waals surface area contributed by atoms with Crippen molar-refractivity contribution in [3.05, 3.63) is 24.3 Å². The average molecular weight is 207 g/mol. The highest BCUT2D eigenvalue weighted by atomic mass is 32.2. The van der Waals surface area contributed by atoms with Gasteiger partial charge in [0.15, 0.2) is 0 Å². The zero-order valence-corrected chi connectivity index (χ0v) is 8.77. The van der Waals surface area contributed by atoms with E-state index in [4.69, 9.17) is 4.74 Å². The Kier molecular flexibility index (Phi) is 1.96. The van der Waals surface area contributed by atoms with Crippen LogP contribution in [0.25, 0.3) is 0 Å². The van der Waals surface area contributed by atoms with Crippen molar-refractivity contribution in [2.24, 2.45) is 0 Å². The Morgan fingerprint density at radius 2 is 2.00 bits per heavy atom. The summed E-state index contributed by atoms with van der Waals surface area (Å²) in [7, 11) is 0. The van der Waals surface area contributed by atoms with E-state index in [0.717, 1.165) is 26.1 Å². The molecular weight excluding hydrogens is 194 g/mol. The second-order valence-corrected chi connectivity index (χ2v) is 5.26. The van der Waals surface area contributed by atoms with Crippen molar-refractivity contribution in [3.8, 4) is 0 Å². The van der Waals surface area contributed by atoms with Gasteiger partial charge in [-0.05, 0) is 12.1 Å². The fraction of sp³-hybridized carbons (Fsp3) is 0.455. The molecule has 0 aliphatic carbocycles. The summed E-state index contributed by atoms with van der Waals surface area (Å²) in [6, 6.07) is 8.54. The number of para-hydroxylation sites is 1. The highest BCUT2D eigenvalue weighted by Crippen LogP contribution is 2.49. The Hall–Kier alpha value is -0.670. The summed E-state index contributed by atoms with van der Waals surface area (Å²) in [5.41, 5.74) is 1.29. The molecule has 2 nitrogen and oxygen atoms in total. The van der Waals surface area contributed by atoms with Gasteiger partial charge in [0, 0.05) is 36.6 Å². The van der Waals surface area contributed by atoms with Gasteiger partial charge in [-0.1, -0.05) is 23.9 Å². The van der Waals surface area contributed by atoms with Crippen LogP contribution >= 0.6 is 11.8 Å². The van der Waals surface area contributed by atoms with Crippen molar-refractivity contribution >= 4 is 17.4 Å². The SMILES string of the molecule is c1ccc2c(c1)NC1(CCOCC1)S2. The molecule has 0 bridgehead atoms. The number of ether oxygens (including phenoxy) is 1. The third-order valence-electron chi connectivity index (χ3n) is 2.86. The Labute approximate surface area is 88.0 Å². The fourth-order valence-electron chi connectivity index (χ4n) is 2.07. The van der Waals surface area contributed by atoms with Crippen LogP contribution in [0.1, 0.15) is 12.8 Å². The maximum absolute atomic E-state index is 5.40. The van der Waals surface area contributed by atoms with E-state index in [1.165, 1.54) is 10.6 Å². The molecule has 1 spiro atoms. The molecule has 2 aliphatic rings. The molecule has 1 N–H and O–H groups in total. The molecule has 74 valence electrons. The highest BCUT2D eigenvalue weighted by molar-refractivity contribution is 8.01. The van der Waals surface area contributed by atoms with Crippen molar-refractivity contribution in [2.75, 3.05) is 18.5 Å². The molecule has 0 radical (unpaired) electrons. The minimum atomic E-state index is 0.224. The lowest BCUT2D eigenvalue weighted by molar-refractivity contribution is 0.0839. The number of hydrogen-bond acceptors (Lipinski definition) is 3. The quantitative estimate of drug-likeness (QED) is 0.706. The first kappa shape index (κ1) is 8.62. The first-order valence-corrected chi connectivity index (χ1v) is 5.84. The van der Waals surface area contributed by atoms with E-state index in [9.17, 15) is 0 Å². The summed E-state index contributed by atoms with van der Waals surface area (Å²) in [6.45, 7) is 1.77. The van der Waals surface area contributed by atoms with Crippen LogP contribution in [0, 0.1) is 0 Å². The number of fused-ring (bicyclic) bond motifs is 1. The molecule has 3 rings (SSSR count). The normalized spacial score (nSPS) is 23.1. The van der Waals surface area contributed by atoms with Gasteiger partial charge in [-0.2, -0.15) is 0 Å². The van der Waals surface area contributed by atoms with Gasteiger partial charge >= 0.3 is 0 Å². The van der Waals surface area contributed by atoms with E-state index in [1.54, 1.807) is 0 Å². The van der Waals surface area contributed by atoms with Crippen LogP contribution in [0.3, 0.4) is 0 Å². The number of benzene rings is 1. The van der Waals surface area contributed by atoms with Gasteiger partial charge in [0.2, 0.25) is 0 Å². The molecule has 0 saturated carbocycles. The first-order chi connectivity index (χ1) is 6.88. The van der Waals surface area contributed by atoms with Crippen LogP contribution in [0.2, 0.25) is 0 Å². The van der Waals surface area contributed by atoms with Crippen LogP contribution in [0.4, 0.5) is 5.69 Å². The Balaban J connectivity index is 1.89. The second-order valence-electron chi connectivity index (χ2n) is 3.83. The molecule has 14 heavy (non-hydrogen) atoms. The van der Waals surface area contributed by atoms with Gasteiger partial charge in [0.25, 0.3) is 0 Å². The molecule has 2 aliphatic heterocycles. The van der Waals surface area contributed by atoms with E-state index in [0.29, 0.717) is 0 Å². The van der Waals surface area contributed by atoms with E-state index in [1.807, 2.05) is 11.8 Å². The van der Waals surface area contributed by atoms with Gasteiger partial charge < -0.3 is 10.1 Å². The summed E-state index contributed by atoms with van der Waals surface area (Å²) in [4.78, 5) is 1.61. The number of thioether (sulfide) groups is 1. The molecule has 3 heteroatoms. The minimum Gasteiger partial charge on any atom is -0.381 e. The molecular formula is C11H13NOS.